The first kappa shape index (κ1) is 29.6. The van der Waals surface area contributed by atoms with Crippen molar-refractivity contribution in [3.8, 4) is 23.7 Å². The molecule has 0 saturated heterocycles. The van der Waals surface area contributed by atoms with Crippen LogP contribution < -0.4 is 11.1 Å². The van der Waals surface area contributed by atoms with Crippen LogP contribution in [0.2, 0.25) is 0 Å². The topological polar surface area (TPSA) is 68.0 Å². The quantitative estimate of drug-likeness (QED) is 0.160. The number of carbonyl (C=O) groups excluding carboxylic acids is 1. The van der Waals surface area contributed by atoms with E-state index in [0.717, 1.165) is 38.5 Å². The number of nitrogens with zero attached hydrogens (tertiary/aromatic N) is 1. The van der Waals surface area contributed by atoms with Crippen molar-refractivity contribution in [1.82, 2.24) is 4.98 Å². The highest BCUT2D eigenvalue weighted by atomic mass is 16.1. The molecule has 4 nitrogen and oxygen atoms in total. The van der Waals surface area contributed by atoms with Crippen molar-refractivity contribution >= 4 is 17.5 Å². The molecule has 3 N–H and O–H groups in total. The SMILES string of the molecule is CCCCCCCCCCCCC#CC#CCCCCCCCCC(=O)Nc1cccc(N)n1. The monoisotopic (exact) mass is 465 g/mol. The van der Waals surface area contributed by atoms with Crippen LogP contribution in [0.4, 0.5) is 11.6 Å². The Morgan fingerprint density at radius 3 is 1.79 bits per heavy atom. The highest BCUT2D eigenvalue weighted by Crippen LogP contribution is 2.12. The fraction of sp³-hybridized carbons (Fsp3) is 0.667. The van der Waals surface area contributed by atoms with Crippen LogP contribution in [0.15, 0.2) is 18.2 Å². The van der Waals surface area contributed by atoms with Crippen molar-refractivity contribution in [2.75, 3.05) is 11.1 Å². The third-order valence-electron chi connectivity index (χ3n) is 5.89. The van der Waals surface area contributed by atoms with Crippen LogP contribution in [-0.4, -0.2) is 10.9 Å². The Bertz CT molecular complexity index is 766. The standard InChI is InChI=1S/C30H47N3O/c1-2-3-4-5-6-7-8-9-10-11-12-13-14-15-16-17-18-19-20-21-22-23-27-30(34)33-29-26-24-25-28(31)32-29/h24-26H,2-12,17-23,27H2,1H3,(H3,31,32,33,34). The predicted octanol–water partition coefficient (Wildman–Crippen LogP) is 8.04. The molecule has 0 aromatic carbocycles. The van der Waals surface area contributed by atoms with Crippen LogP contribution in [0.5, 0.6) is 0 Å². The lowest BCUT2D eigenvalue weighted by Gasteiger charge is -2.05. The number of carbonyl (C=O) groups is 1. The molecule has 1 rings (SSSR count). The van der Waals surface area contributed by atoms with E-state index < -0.39 is 0 Å². The summed E-state index contributed by atoms with van der Waals surface area (Å²) in [5, 5.41) is 2.79. The molecule has 1 amide bonds. The first-order chi connectivity index (χ1) is 16.7. The van der Waals surface area contributed by atoms with Gasteiger partial charge in [0.25, 0.3) is 0 Å². The average molecular weight is 466 g/mol. The molecule has 1 aromatic heterocycles. The summed E-state index contributed by atoms with van der Waals surface area (Å²) in [5.74, 6) is 13.3. The Morgan fingerprint density at radius 2 is 1.26 bits per heavy atom. The van der Waals surface area contributed by atoms with Gasteiger partial charge in [-0.2, -0.15) is 0 Å². The molecule has 0 aliphatic carbocycles. The maximum Gasteiger partial charge on any atom is 0.225 e. The first-order valence-electron chi connectivity index (χ1n) is 13.7. The molecule has 188 valence electrons. The fourth-order valence-corrected chi connectivity index (χ4v) is 3.85. The number of hydrogen-bond acceptors (Lipinski definition) is 3. The van der Waals surface area contributed by atoms with E-state index in [-0.39, 0.29) is 5.91 Å². The van der Waals surface area contributed by atoms with Gasteiger partial charge in [-0.25, -0.2) is 4.98 Å². The summed E-state index contributed by atoms with van der Waals surface area (Å²) >= 11 is 0. The normalized spacial score (nSPS) is 10.1. The van der Waals surface area contributed by atoms with Crippen LogP contribution in [-0.2, 0) is 4.79 Å². The largest absolute Gasteiger partial charge is 0.384 e. The minimum absolute atomic E-state index is 0.00245. The second-order valence-electron chi connectivity index (χ2n) is 9.15. The Labute approximate surface area is 209 Å². The molecular formula is C30H47N3O. The van der Waals surface area contributed by atoms with Gasteiger partial charge in [-0.3, -0.25) is 4.79 Å². The number of nitrogens with two attached hydrogens (primary N) is 1. The number of hydrogen-bond donors (Lipinski definition) is 2. The van der Waals surface area contributed by atoms with E-state index in [9.17, 15) is 4.79 Å². The number of unbranched alkanes of at least 4 members (excludes halogenated alkanes) is 16. The van der Waals surface area contributed by atoms with E-state index in [0.29, 0.717) is 18.1 Å². The molecule has 0 fully saturated rings. The molecule has 0 spiro atoms. The van der Waals surface area contributed by atoms with Gasteiger partial charge < -0.3 is 11.1 Å². The Kier molecular flexibility index (Phi) is 19.4. The van der Waals surface area contributed by atoms with Gasteiger partial charge in [-0.1, -0.05) is 108 Å². The van der Waals surface area contributed by atoms with E-state index >= 15 is 0 Å². The lowest BCUT2D eigenvalue weighted by Crippen LogP contribution is -2.12. The van der Waals surface area contributed by atoms with Gasteiger partial charge in [0.15, 0.2) is 0 Å². The van der Waals surface area contributed by atoms with Crippen LogP contribution in [0, 0.1) is 23.7 Å². The highest BCUT2D eigenvalue weighted by molar-refractivity contribution is 5.89. The number of nitrogen functional groups attached to an aromatic ring is 1. The Hall–Kier alpha value is -2.46. The summed E-state index contributed by atoms with van der Waals surface area (Å²) in [4.78, 5) is 16.0. The summed E-state index contributed by atoms with van der Waals surface area (Å²) in [7, 11) is 0. The van der Waals surface area contributed by atoms with Crippen molar-refractivity contribution in [1.29, 1.82) is 0 Å². The van der Waals surface area contributed by atoms with E-state index in [2.05, 4.69) is 40.9 Å². The number of amides is 1. The second kappa shape index (κ2) is 22.3. The molecule has 1 heterocycles. The van der Waals surface area contributed by atoms with Crippen molar-refractivity contribution in [2.24, 2.45) is 0 Å². The van der Waals surface area contributed by atoms with Crippen LogP contribution in [0.3, 0.4) is 0 Å². The molecule has 0 atom stereocenters. The second-order valence-corrected chi connectivity index (χ2v) is 9.15. The summed E-state index contributed by atoms with van der Waals surface area (Å²) in [6, 6.07) is 5.24. The highest BCUT2D eigenvalue weighted by Gasteiger charge is 2.03. The van der Waals surface area contributed by atoms with Gasteiger partial charge in [0, 0.05) is 19.3 Å². The van der Waals surface area contributed by atoms with Gasteiger partial charge in [0.2, 0.25) is 5.91 Å². The summed E-state index contributed by atoms with van der Waals surface area (Å²) in [6.07, 6.45) is 22.8. The smallest absolute Gasteiger partial charge is 0.225 e. The molecule has 0 saturated carbocycles. The number of nitrogens with one attached hydrogen (secondary N) is 1. The fourth-order valence-electron chi connectivity index (χ4n) is 3.85. The van der Waals surface area contributed by atoms with Gasteiger partial charge in [0.1, 0.15) is 11.6 Å². The third-order valence-corrected chi connectivity index (χ3v) is 5.89. The van der Waals surface area contributed by atoms with Crippen molar-refractivity contribution in [3.05, 3.63) is 18.2 Å². The maximum atomic E-state index is 11.9. The van der Waals surface area contributed by atoms with Gasteiger partial charge in [0.05, 0.1) is 0 Å². The number of pyridine rings is 1. The van der Waals surface area contributed by atoms with E-state index in [1.165, 1.54) is 77.0 Å². The van der Waals surface area contributed by atoms with Gasteiger partial charge in [-0.05, 0) is 43.2 Å². The van der Waals surface area contributed by atoms with Crippen molar-refractivity contribution in [2.45, 2.75) is 129 Å². The third kappa shape index (κ3) is 19.0. The number of aromatic nitrogens is 1. The van der Waals surface area contributed by atoms with Gasteiger partial charge >= 0.3 is 0 Å². The Morgan fingerprint density at radius 1 is 0.765 bits per heavy atom. The summed E-state index contributed by atoms with van der Waals surface area (Å²) in [5.41, 5.74) is 5.62. The zero-order chi connectivity index (χ0) is 24.5. The molecule has 0 unspecified atom stereocenters. The molecular weight excluding hydrogens is 418 g/mol. The molecule has 0 bridgehead atoms. The molecule has 0 radical (unpaired) electrons. The number of rotatable bonds is 19. The minimum Gasteiger partial charge on any atom is -0.384 e. The lowest BCUT2D eigenvalue weighted by atomic mass is 10.1. The van der Waals surface area contributed by atoms with Crippen LogP contribution in [0.1, 0.15) is 129 Å². The molecule has 1 aromatic rings. The first-order valence-corrected chi connectivity index (χ1v) is 13.7. The van der Waals surface area contributed by atoms with E-state index in [1.54, 1.807) is 18.2 Å². The summed E-state index contributed by atoms with van der Waals surface area (Å²) < 4.78 is 0. The lowest BCUT2D eigenvalue weighted by molar-refractivity contribution is -0.116. The Balaban J connectivity index is 1.84. The van der Waals surface area contributed by atoms with E-state index in [4.69, 9.17) is 5.73 Å². The van der Waals surface area contributed by atoms with Crippen molar-refractivity contribution in [3.63, 3.8) is 0 Å². The van der Waals surface area contributed by atoms with Gasteiger partial charge in [-0.15, -0.1) is 0 Å². The van der Waals surface area contributed by atoms with E-state index in [1.807, 2.05) is 0 Å². The molecule has 0 aliphatic rings. The zero-order valence-corrected chi connectivity index (χ0v) is 21.6. The average Bonchev–Trinajstić information content (AvgIpc) is 2.82. The predicted molar refractivity (Wildman–Crippen MR) is 146 cm³/mol. The van der Waals surface area contributed by atoms with Crippen LogP contribution >= 0.6 is 0 Å². The minimum atomic E-state index is 0.00245. The van der Waals surface area contributed by atoms with Crippen LogP contribution in [0.25, 0.3) is 0 Å². The zero-order valence-electron chi connectivity index (χ0n) is 21.6. The number of anilines is 2. The molecule has 4 heteroatoms. The molecule has 34 heavy (non-hydrogen) atoms. The summed E-state index contributed by atoms with van der Waals surface area (Å²) in [6.45, 7) is 2.27. The van der Waals surface area contributed by atoms with Crippen molar-refractivity contribution < 1.29 is 4.79 Å². The maximum absolute atomic E-state index is 11.9. The molecule has 0 aliphatic heterocycles.